The van der Waals surface area contributed by atoms with Crippen molar-refractivity contribution in [3.05, 3.63) is 74.9 Å². The minimum absolute atomic E-state index is 0.00655. The molecule has 3 rings (SSSR count). The lowest BCUT2D eigenvalue weighted by Crippen LogP contribution is -2.17. The Morgan fingerprint density at radius 1 is 1.21 bits per heavy atom. The third kappa shape index (κ3) is 3.41. The first-order valence-electron chi connectivity index (χ1n) is 6.89. The fraction of sp³-hybridized carbons (Fsp3) is 0. The lowest BCUT2D eigenvalue weighted by Gasteiger charge is -1.96. The van der Waals surface area contributed by atoms with Crippen LogP contribution in [0, 0.1) is 10.1 Å². The number of H-pyrrole nitrogens is 1. The van der Waals surface area contributed by atoms with Crippen LogP contribution < -0.4 is 5.43 Å². The summed E-state index contributed by atoms with van der Waals surface area (Å²) in [6.45, 7) is 0. The van der Waals surface area contributed by atoms with Crippen molar-refractivity contribution in [3.8, 4) is 0 Å². The number of halogens is 1. The fourth-order valence-corrected chi connectivity index (χ4v) is 2.31. The number of hydrogen-bond donors (Lipinski definition) is 2. The maximum Gasteiger partial charge on any atom is 0.287 e. The number of nitro groups is 1. The van der Waals surface area contributed by atoms with E-state index in [1.165, 1.54) is 18.3 Å². The molecule has 0 atom stereocenters. The first-order chi connectivity index (χ1) is 11.5. The van der Waals surface area contributed by atoms with Gasteiger partial charge in [0.1, 0.15) is 5.69 Å². The summed E-state index contributed by atoms with van der Waals surface area (Å²) in [7, 11) is 0. The Bertz CT molecular complexity index is 948. The summed E-state index contributed by atoms with van der Waals surface area (Å²) in [5.74, 6) is -0.402. The van der Waals surface area contributed by atoms with E-state index in [1.807, 2.05) is 0 Å². The first-order valence-corrected chi connectivity index (χ1v) is 7.27. The Labute approximate surface area is 141 Å². The lowest BCUT2D eigenvalue weighted by atomic mass is 10.2. The van der Waals surface area contributed by atoms with Gasteiger partial charge in [-0.05, 0) is 42.0 Å². The summed E-state index contributed by atoms with van der Waals surface area (Å²) in [5, 5.41) is 15.8. The number of non-ortho nitro benzene ring substituents is 1. The molecule has 8 heteroatoms. The SMILES string of the molecule is O=C(NN=Cc1ccc([N+](=O)[O-])cc1)c1cc2cc(Cl)ccc2[nH]1. The molecule has 0 saturated heterocycles. The second-order valence-electron chi connectivity index (χ2n) is 4.96. The average molecular weight is 343 g/mol. The van der Waals surface area contributed by atoms with E-state index in [4.69, 9.17) is 11.6 Å². The van der Waals surface area contributed by atoms with Crippen molar-refractivity contribution in [1.29, 1.82) is 0 Å². The molecule has 1 amide bonds. The Balaban J connectivity index is 1.68. The van der Waals surface area contributed by atoms with E-state index < -0.39 is 10.8 Å². The molecule has 24 heavy (non-hydrogen) atoms. The van der Waals surface area contributed by atoms with Gasteiger partial charge in [-0.15, -0.1) is 0 Å². The van der Waals surface area contributed by atoms with E-state index in [0.717, 1.165) is 10.9 Å². The smallest absolute Gasteiger partial charge is 0.287 e. The number of nitro benzene ring substituents is 1. The summed E-state index contributed by atoms with van der Waals surface area (Å²) < 4.78 is 0. The molecule has 0 aliphatic heterocycles. The number of aromatic amines is 1. The minimum Gasteiger partial charge on any atom is -0.350 e. The molecule has 0 aliphatic rings. The molecule has 0 bridgehead atoms. The number of hydrogen-bond acceptors (Lipinski definition) is 4. The standard InChI is InChI=1S/C16H11ClN4O3/c17-12-3-6-14-11(7-12)8-15(19-14)16(22)20-18-9-10-1-4-13(5-2-10)21(23)24/h1-9,19H,(H,20,22). The number of hydrazone groups is 1. The quantitative estimate of drug-likeness (QED) is 0.431. The second-order valence-corrected chi connectivity index (χ2v) is 5.40. The Morgan fingerprint density at radius 2 is 1.96 bits per heavy atom. The topological polar surface area (TPSA) is 100 Å². The number of amides is 1. The van der Waals surface area contributed by atoms with Gasteiger partial charge in [0.15, 0.2) is 0 Å². The van der Waals surface area contributed by atoms with E-state index in [9.17, 15) is 14.9 Å². The molecule has 2 aromatic carbocycles. The molecule has 3 aromatic rings. The van der Waals surface area contributed by atoms with Crippen LogP contribution in [0.4, 0.5) is 5.69 Å². The average Bonchev–Trinajstić information content (AvgIpc) is 2.98. The molecule has 0 unspecified atom stereocenters. The van der Waals surface area contributed by atoms with Gasteiger partial charge < -0.3 is 4.98 Å². The highest BCUT2D eigenvalue weighted by Gasteiger charge is 2.09. The molecule has 2 N–H and O–H groups in total. The number of fused-ring (bicyclic) bond motifs is 1. The van der Waals surface area contributed by atoms with E-state index in [0.29, 0.717) is 16.3 Å². The number of nitrogens with zero attached hydrogens (tertiary/aromatic N) is 2. The van der Waals surface area contributed by atoms with Gasteiger partial charge in [0.05, 0.1) is 11.1 Å². The van der Waals surface area contributed by atoms with Crippen LogP contribution in [-0.4, -0.2) is 22.0 Å². The van der Waals surface area contributed by atoms with Gasteiger partial charge >= 0.3 is 0 Å². The van der Waals surface area contributed by atoms with Crippen LogP contribution in [0.15, 0.2) is 53.6 Å². The van der Waals surface area contributed by atoms with Crippen LogP contribution in [0.5, 0.6) is 0 Å². The molecule has 0 fully saturated rings. The molecule has 0 saturated carbocycles. The van der Waals surface area contributed by atoms with Crippen molar-refractivity contribution in [2.24, 2.45) is 5.10 Å². The van der Waals surface area contributed by atoms with Crippen LogP contribution >= 0.6 is 11.6 Å². The lowest BCUT2D eigenvalue weighted by molar-refractivity contribution is -0.384. The van der Waals surface area contributed by atoms with Gasteiger partial charge in [0, 0.05) is 28.1 Å². The number of nitrogens with one attached hydrogen (secondary N) is 2. The van der Waals surface area contributed by atoms with Crippen molar-refractivity contribution >= 4 is 40.3 Å². The zero-order valence-electron chi connectivity index (χ0n) is 12.2. The van der Waals surface area contributed by atoms with E-state index in [1.54, 1.807) is 36.4 Å². The van der Waals surface area contributed by atoms with Crippen LogP contribution in [-0.2, 0) is 0 Å². The highest BCUT2D eigenvalue weighted by Crippen LogP contribution is 2.20. The van der Waals surface area contributed by atoms with Crippen LogP contribution in [0.3, 0.4) is 0 Å². The monoisotopic (exact) mass is 342 g/mol. The fourth-order valence-electron chi connectivity index (χ4n) is 2.13. The zero-order valence-corrected chi connectivity index (χ0v) is 12.9. The summed E-state index contributed by atoms with van der Waals surface area (Å²) in [6, 6.07) is 12.8. The minimum atomic E-state index is -0.481. The summed E-state index contributed by atoms with van der Waals surface area (Å²) in [6.07, 6.45) is 1.40. The molecule has 1 heterocycles. The van der Waals surface area contributed by atoms with Crippen LogP contribution in [0.1, 0.15) is 16.1 Å². The van der Waals surface area contributed by atoms with Gasteiger partial charge in [-0.2, -0.15) is 5.10 Å². The molecule has 120 valence electrons. The largest absolute Gasteiger partial charge is 0.350 e. The predicted octanol–water partition coefficient (Wildman–Crippen LogP) is 3.49. The van der Waals surface area contributed by atoms with Crippen molar-refractivity contribution < 1.29 is 9.72 Å². The normalized spacial score (nSPS) is 11.0. The molecule has 0 spiro atoms. The highest BCUT2D eigenvalue weighted by molar-refractivity contribution is 6.31. The van der Waals surface area contributed by atoms with E-state index >= 15 is 0 Å². The van der Waals surface area contributed by atoms with E-state index in [2.05, 4.69) is 15.5 Å². The van der Waals surface area contributed by atoms with Crippen LogP contribution in [0.2, 0.25) is 5.02 Å². The maximum atomic E-state index is 12.1. The van der Waals surface area contributed by atoms with Crippen molar-refractivity contribution in [1.82, 2.24) is 10.4 Å². The Hall–Kier alpha value is -3.19. The number of carbonyl (C=O) groups is 1. The molecule has 0 aliphatic carbocycles. The van der Waals surface area contributed by atoms with Crippen molar-refractivity contribution in [3.63, 3.8) is 0 Å². The van der Waals surface area contributed by atoms with Crippen LogP contribution in [0.25, 0.3) is 10.9 Å². The van der Waals surface area contributed by atoms with Gasteiger partial charge in [0.25, 0.3) is 11.6 Å². The van der Waals surface area contributed by atoms with Gasteiger partial charge in [0.2, 0.25) is 0 Å². The first kappa shape index (κ1) is 15.7. The number of benzene rings is 2. The number of carbonyl (C=O) groups excluding carboxylic acids is 1. The number of aromatic nitrogens is 1. The third-order valence-corrected chi connectivity index (χ3v) is 3.55. The maximum absolute atomic E-state index is 12.1. The molecular formula is C16H11ClN4O3. The molecule has 7 nitrogen and oxygen atoms in total. The predicted molar refractivity (Wildman–Crippen MR) is 91.5 cm³/mol. The zero-order chi connectivity index (χ0) is 17.1. The van der Waals surface area contributed by atoms with Gasteiger partial charge in [-0.25, -0.2) is 5.43 Å². The molecule has 0 radical (unpaired) electrons. The van der Waals surface area contributed by atoms with Crippen molar-refractivity contribution in [2.75, 3.05) is 0 Å². The van der Waals surface area contributed by atoms with Gasteiger partial charge in [-0.1, -0.05) is 11.6 Å². The van der Waals surface area contributed by atoms with Gasteiger partial charge in [-0.3, -0.25) is 14.9 Å². The third-order valence-electron chi connectivity index (χ3n) is 3.31. The number of rotatable bonds is 4. The summed E-state index contributed by atoms with van der Waals surface area (Å²) in [4.78, 5) is 25.1. The highest BCUT2D eigenvalue weighted by atomic mass is 35.5. The Kier molecular flexibility index (Phi) is 4.26. The molecular weight excluding hydrogens is 332 g/mol. The second kappa shape index (κ2) is 6.51. The Morgan fingerprint density at radius 3 is 2.67 bits per heavy atom. The summed E-state index contributed by atoms with van der Waals surface area (Å²) in [5.41, 5.74) is 4.17. The van der Waals surface area contributed by atoms with Crippen molar-refractivity contribution in [2.45, 2.75) is 0 Å². The summed E-state index contributed by atoms with van der Waals surface area (Å²) >= 11 is 5.91. The molecule has 1 aromatic heterocycles. The van der Waals surface area contributed by atoms with E-state index in [-0.39, 0.29) is 5.69 Å².